The Kier molecular flexibility index (Phi) is 5.47. The highest BCUT2D eigenvalue weighted by atomic mass is 32.2. The molecule has 0 aliphatic heterocycles. The van der Waals surface area contributed by atoms with Crippen molar-refractivity contribution in [3.8, 4) is 16.5 Å². The van der Waals surface area contributed by atoms with E-state index in [9.17, 15) is 8.42 Å². The minimum Gasteiger partial charge on any atom is -0.494 e. The van der Waals surface area contributed by atoms with Crippen LogP contribution in [0.3, 0.4) is 0 Å². The number of sulfonamides is 1. The van der Waals surface area contributed by atoms with E-state index in [0.717, 1.165) is 4.88 Å². The molecular formula is C16H17N3O4S2. The molecule has 0 aliphatic rings. The average Bonchev–Trinajstić information content (AvgIpc) is 3.27. The van der Waals surface area contributed by atoms with Crippen molar-refractivity contribution in [3.05, 3.63) is 47.7 Å². The zero-order valence-electron chi connectivity index (χ0n) is 13.5. The van der Waals surface area contributed by atoms with E-state index in [1.807, 2.05) is 24.4 Å². The van der Waals surface area contributed by atoms with Crippen LogP contribution < -0.4 is 9.46 Å². The molecule has 3 aromatic rings. The molecule has 2 heterocycles. The van der Waals surface area contributed by atoms with Crippen molar-refractivity contribution in [1.82, 2.24) is 14.9 Å². The molecule has 2 aromatic heterocycles. The molecule has 132 valence electrons. The fraction of sp³-hybridized carbons (Fsp3) is 0.250. The smallest absolute Gasteiger partial charge is 0.240 e. The molecule has 1 aromatic carbocycles. The van der Waals surface area contributed by atoms with Crippen molar-refractivity contribution in [3.63, 3.8) is 0 Å². The minimum atomic E-state index is -3.59. The third-order valence-electron chi connectivity index (χ3n) is 3.29. The van der Waals surface area contributed by atoms with Gasteiger partial charge >= 0.3 is 0 Å². The van der Waals surface area contributed by atoms with Gasteiger partial charge in [0, 0.05) is 13.0 Å². The number of aromatic nitrogens is 2. The van der Waals surface area contributed by atoms with Gasteiger partial charge in [-0.3, -0.25) is 0 Å². The largest absolute Gasteiger partial charge is 0.494 e. The molecule has 0 bridgehead atoms. The van der Waals surface area contributed by atoms with Crippen LogP contribution >= 0.6 is 11.3 Å². The van der Waals surface area contributed by atoms with Crippen LogP contribution in [0.4, 0.5) is 0 Å². The summed E-state index contributed by atoms with van der Waals surface area (Å²) in [5.41, 5.74) is 0. The molecule has 0 aliphatic carbocycles. The van der Waals surface area contributed by atoms with Crippen LogP contribution in [0.5, 0.6) is 5.75 Å². The maximum Gasteiger partial charge on any atom is 0.240 e. The lowest BCUT2D eigenvalue weighted by molar-refractivity contribution is 0.340. The van der Waals surface area contributed by atoms with Gasteiger partial charge in [-0.25, -0.2) is 13.1 Å². The summed E-state index contributed by atoms with van der Waals surface area (Å²) in [6.45, 7) is 2.57. The van der Waals surface area contributed by atoms with E-state index < -0.39 is 10.0 Å². The number of nitrogens with zero attached hydrogens (tertiary/aromatic N) is 2. The summed E-state index contributed by atoms with van der Waals surface area (Å²) in [4.78, 5) is 5.35. The van der Waals surface area contributed by atoms with Crippen LogP contribution in [0.15, 0.2) is 51.2 Å². The second-order valence-corrected chi connectivity index (χ2v) is 7.76. The van der Waals surface area contributed by atoms with E-state index in [1.54, 1.807) is 12.1 Å². The summed E-state index contributed by atoms with van der Waals surface area (Å²) in [6.07, 6.45) is 0.314. The first-order chi connectivity index (χ1) is 12.1. The Morgan fingerprint density at radius 1 is 1.24 bits per heavy atom. The molecule has 3 rings (SSSR count). The molecule has 9 heteroatoms. The number of hydrogen-bond acceptors (Lipinski definition) is 7. The molecule has 0 radical (unpaired) electrons. The Morgan fingerprint density at radius 2 is 2.04 bits per heavy atom. The zero-order valence-corrected chi connectivity index (χ0v) is 15.1. The summed E-state index contributed by atoms with van der Waals surface area (Å²) < 4.78 is 37.5. The summed E-state index contributed by atoms with van der Waals surface area (Å²) in [7, 11) is -3.59. The van der Waals surface area contributed by atoms with E-state index in [0.29, 0.717) is 30.5 Å². The molecule has 1 N–H and O–H groups in total. The van der Waals surface area contributed by atoms with Gasteiger partial charge < -0.3 is 9.26 Å². The topological polar surface area (TPSA) is 94.3 Å². The average molecular weight is 379 g/mol. The van der Waals surface area contributed by atoms with E-state index in [4.69, 9.17) is 9.26 Å². The normalized spacial score (nSPS) is 11.6. The monoisotopic (exact) mass is 379 g/mol. The molecular weight excluding hydrogens is 362 g/mol. The molecule has 0 spiro atoms. The number of hydrogen-bond donors (Lipinski definition) is 1. The SMILES string of the molecule is CCOc1ccc(S(=O)(=O)NCCc2nc(-c3cccs3)no2)cc1. The highest BCUT2D eigenvalue weighted by Crippen LogP contribution is 2.21. The molecule has 0 unspecified atom stereocenters. The Morgan fingerprint density at radius 3 is 2.72 bits per heavy atom. The van der Waals surface area contributed by atoms with Crippen molar-refractivity contribution in [2.24, 2.45) is 0 Å². The molecule has 0 fully saturated rings. The molecule has 7 nitrogen and oxygen atoms in total. The third kappa shape index (κ3) is 4.44. The number of nitrogens with one attached hydrogen (secondary N) is 1. The molecule has 0 atom stereocenters. The summed E-state index contributed by atoms with van der Waals surface area (Å²) >= 11 is 1.51. The highest BCUT2D eigenvalue weighted by molar-refractivity contribution is 7.89. The minimum absolute atomic E-state index is 0.168. The fourth-order valence-corrected chi connectivity index (χ4v) is 3.80. The first-order valence-corrected chi connectivity index (χ1v) is 10.0. The molecule has 0 amide bonds. The number of benzene rings is 1. The van der Waals surface area contributed by atoms with Gasteiger partial charge in [0.05, 0.1) is 16.4 Å². The lowest BCUT2D eigenvalue weighted by Gasteiger charge is -2.07. The van der Waals surface area contributed by atoms with Crippen LogP contribution in [0.1, 0.15) is 12.8 Å². The first kappa shape index (κ1) is 17.6. The number of thiophene rings is 1. The van der Waals surface area contributed by atoms with Gasteiger partial charge in [0.25, 0.3) is 0 Å². The van der Waals surface area contributed by atoms with Crippen molar-refractivity contribution < 1.29 is 17.7 Å². The summed E-state index contributed by atoms with van der Waals surface area (Å²) in [6, 6.07) is 10.1. The van der Waals surface area contributed by atoms with Crippen LogP contribution in [-0.2, 0) is 16.4 Å². The lowest BCUT2D eigenvalue weighted by atomic mass is 10.3. The van der Waals surface area contributed by atoms with E-state index in [2.05, 4.69) is 14.9 Å². The van der Waals surface area contributed by atoms with Crippen LogP contribution in [0, 0.1) is 0 Å². The standard InChI is InChI=1S/C16H17N3O4S2/c1-2-22-12-5-7-13(8-6-12)25(20,21)17-10-9-15-18-16(19-23-15)14-4-3-11-24-14/h3-8,11,17H,2,9-10H2,1H3. The van der Waals surface area contributed by atoms with Gasteiger partial charge in [-0.05, 0) is 42.6 Å². The van der Waals surface area contributed by atoms with Crippen molar-refractivity contribution in [2.45, 2.75) is 18.2 Å². The fourth-order valence-electron chi connectivity index (χ4n) is 2.12. The van der Waals surface area contributed by atoms with Crippen LogP contribution in [0.25, 0.3) is 10.7 Å². The second-order valence-electron chi connectivity index (χ2n) is 5.04. The van der Waals surface area contributed by atoms with E-state index >= 15 is 0 Å². The van der Waals surface area contributed by atoms with Crippen molar-refractivity contribution in [1.29, 1.82) is 0 Å². The van der Waals surface area contributed by atoms with Gasteiger partial charge in [0.2, 0.25) is 21.7 Å². The number of rotatable bonds is 8. The molecule has 25 heavy (non-hydrogen) atoms. The quantitative estimate of drug-likeness (QED) is 0.647. The summed E-state index contributed by atoms with van der Waals surface area (Å²) in [5.74, 6) is 1.53. The van der Waals surface area contributed by atoms with Crippen LogP contribution in [-0.4, -0.2) is 31.7 Å². The highest BCUT2D eigenvalue weighted by Gasteiger charge is 2.15. The van der Waals surface area contributed by atoms with Crippen molar-refractivity contribution >= 4 is 21.4 Å². The number of ether oxygens (including phenoxy) is 1. The Bertz CT molecular complexity index is 903. The Labute approximate surface area is 149 Å². The maximum atomic E-state index is 12.3. The van der Waals surface area contributed by atoms with Gasteiger partial charge in [-0.2, -0.15) is 4.98 Å². The molecule has 0 saturated carbocycles. The molecule has 0 saturated heterocycles. The van der Waals surface area contributed by atoms with E-state index in [1.165, 1.54) is 23.5 Å². The second kappa shape index (κ2) is 7.77. The predicted octanol–water partition coefficient (Wildman–Crippen LogP) is 2.72. The maximum absolute atomic E-state index is 12.3. The van der Waals surface area contributed by atoms with Gasteiger partial charge in [-0.15, -0.1) is 11.3 Å². The Balaban J connectivity index is 1.57. The summed E-state index contributed by atoms with van der Waals surface area (Å²) in [5, 5.41) is 5.82. The van der Waals surface area contributed by atoms with Crippen LogP contribution in [0.2, 0.25) is 0 Å². The predicted molar refractivity (Wildman–Crippen MR) is 94.1 cm³/mol. The first-order valence-electron chi connectivity index (χ1n) is 7.67. The Hall–Kier alpha value is -2.23. The van der Waals surface area contributed by atoms with Gasteiger partial charge in [0.15, 0.2) is 0 Å². The van der Waals surface area contributed by atoms with Gasteiger partial charge in [-0.1, -0.05) is 11.2 Å². The van der Waals surface area contributed by atoms with Crippen molar-refractivity contribution in [2.75, 3.05) is 13.2 Å². The lowest BCUT2D eigenvalue weighted by Crippen LogP contribution is -2.26. The van der Waals surface area contributed by atoms with Gasteiger partial charge in [0.1, 0.15) is 5.75 Å². The third-order valence-corrected chi connectivity index (χ3v) is 5.63. The van der Waals surface area contributed by atoms with E-state index in [-0.39, 0.29) is 11.4 Å². The zero-order chi connectivity index (χ0) is 17.7.